The molecule has 0 amide bonds. The number of aliphatic hydroxyl groups is 1. The highest BCUT2D eigenvalue weighted by Gasteiger charge is 2.14. The molecule has 0 saturated carbocycles. The number of nitrogens with two attached hydrogens (primary N) is 1. The molecule has 0 radical (unpaired) electrons. The molecule has 146 valence electrons. The number of carboxylic acid groups (broad SMARTS) is 2. The standard InChI is InChI=1S/C11H16ClNO.C4H7NO4.ClH.H2O/c1-8(2)13-7-11(14)9-5-3-4-6-10(9)12;5-2(4(8)9)1-3(6)7;;/h3-6,8,11,13-14H,7H2,1-2H3;2H,1,5H2,(H,6,7)(H,8,9);1H;1H2. The molecule has 10 heteroatoms. The van der Waals surface area contributed by atoms with Gasteiger partial charge in [0.25, 0.3) is 0 Å². The smallest absolute Gasteiger partial charge is 0.321 e. The van der Waals surface area contributed by atoms with E-state index in [1.165, 1.54) is 0 Å². The van der Waals surface area contributed by atoms with E-state index in [2.05, 4.69) is 5.32 Å². The van der Waals surface area contributed by atoms with Gasteiger partial charge in [-0.25, -0.2) is 0 Å². The number of nitrogens with one attached hydrogen (secondary N) is 1. The summed E-state index contributed by atoms with van der Waals surface area (Å²) in [4.78, 5) is 19.6. The predicted octanol–water partition coefficient (Wildman–Crippen LogP) is 0.842. The Balaban J connectivity index is -0.000000390. The van der Waals surface area contributed by atoms with Crippen molar-refractivity contribution in [3.63, 3.8) is 0 Å². The van der Waals surface area contributed by atoms with E-state index in [1.807, 2.05) is 32.0 Å². The van der Waals surface area contributed by atoms with Crippen LogP contribution in [-0.2, 0) is 9.59 Å². The molecule has 0 fully saturated rings. The summed E-state index contributed by atoms with van der Waals surface area (Å²) in [6.07, 6.45) is -1.07. The van der Waals surface area contributed by atoms with Gasteiger partial charge in [0.15, 0.2) is 0 Å². The Morgan fingerprint density at radius 2 is 1.76 bits per heavy atom. The molecule has 0 saturated heterocycles. The average molecular weight is 401 g/mol. The van der Waals surface area contributed by atoms with Gasteiger partial charge in [-0.1, -0.05) is 43.6 Å². The Hall–Kier alpha value is -1.42. The normalized spacial score (nSPS) is 11.9. The molecule has 0 aromatic heterocycles. The van der Waals surface area contributed by atoms with Crippen molar-refractivity contribution in [2.45, 2.75) is 38.5 Å². The molecule has 25 heavy (non-hydrogen) atoms. The minimum atomic E-state index is -1.29. The van der Waals surface area contributed by atoms with Crippen molar-refractivity contribution < 1.29 is 30.4 Å². The Morgan fingerprint density at radius 3 is 2.12 bits per heavy atom. The van der Waals surface area contributed by atoms with Crippen molar-refractivity contribution in [1.29, 1.82) is 0 Å². The maximum Gasteiger partial charge on any atom is 0.321 e. The molecule has 0 aliphatic heterocycles. The highest BCUT2D eigenvalue weighted by molar-refractivity contribution is 6.31. The number of aliphatic carboxylic acids is 2. The van der Waals surface area contributed by atoms with Gasteiger partial charge in [0.2, 0.25) is 0 Å². The fourth-order valence-corrected chi connectivity index (χ4v) is 1.74. The summed E-state index contributed by atoms with van der Waals surface area (Å²) in [5.74, 6) is -2.50. The monoisotopic (exact) mass is 400 g/mol. The number of rotatable bonds is 7. The first-order valence-corrected chi connectivity index (χ1v) is 7.39. The quantitative estimate of drug-likeness (QED) is 0.452. The molecule has 0 aliphatic rings. The number of hydrogen-bond donors (Lipinski definition) is 5. The Bertz CT molecular complexity index is 517. The van der Waals surface area contributed by atoms with Crippen LogP contribution in [-0.4, -0.2) is 51.4 Å². The van der Waals surface area contributed by atoms with Gasteiger partial charge in [0.1, 0.15) is 6.04 Å². The minimum Gasteiger partial charge on any atom is -0.481 e. The third-order valence-corrected chi connectivity index (χ3v) is 3.04. The van der Waals surface area contributed by atoms with Gasteiger partial charge in [0, 0.05) is 23.2 Å². The number of hydrogen-bond acceptors (Lipinski definition) is 5. The lowest BCUT2D eigenvalue weighted by Crippen LogP contribution is -2.32. The summed E-state index contributed by atoms with van der Waals surface area (Å²) < 4.78 is 0. The number of halogens is 2. The first-order valence-electron chi connectivity index (χ1n) is 7.01. The third kappa shape index (κ3) is 13.5. The van der Waals surface area contributed by atoms with Crippen molar-refractivity contribution in [3.05, 3.63) is 34.9 Å². The van der Waals surface area contributed by atoms with Crippen LogP contribution in [0.3, 0.4) is 0 Å². The molecule has 8 nitrogen and oxygen atoms in total. The van der Waals surface area contributed by atoms with Crippen molar-refractivity contribution in [2.75, 3.05) is 6.54 Å². The van der Waals surface area contributed by atoms with Gasteiger partial charge >= 0.3 is 11.9 Å². The molecule has 0 heterocycles. The van der Waals surface area contributed by atoms with Crippen LogP contribution in [0, 0.1) is 0 Å². The van der Waals surface area contributed by atoms with E-state index in [0.717, 1.165) is 5.56 Å². The summed E-state index contributed by atoms with van der Waals surface area (Å²) in [7, 11) is 0. The predicted molar refractivity (Wildman–Crippen MR) is 98.3 cm³/mol. The van der Waals surface area contributed by atoms with E-state index in [1.54, 1.807) is 6.07 Å². The van der Waals surface area contributed by atoms with Gasteiger partial charge in [0.05, 0.1) is 12.5 Å². The molecule has 1 aromatic rings. The highest BCUT2D eigenvalue weighted by Crippen LogP contribution is 2.21. The van der Waals surface area contributed by atoms with Crippen LogP contribution < -0.4 is 11.1 Å². The summed E-state index contributed by atoms with van der Waals surface area (Å²) in [6, 6.07) is 6.44. The average Bonchev–Trinajstić information content (AvgIpc) is 2.45. The van der Waals surface area contributed by atoms with Crippen LogP contribution in [0.15, 0.2) is 24.3 Å². The van der Waals surface area contributed by atoms with Gasteiger partial charge < -0.3 is 31.8 Å². The van der Waals surface area contributed by atoms with Gasteiger partial charge in [-0.3, -0.25) is 9.59 Å². The number of aliphatic hydroxyl groups excluding tert-OH is 1. The molecule has 0 bridgehead atoms. The number of benzene rings is 1. The Kier molecular flexibility index (Phi) is 16.9. The topological polar surface area (TPSA) is 164 Å². The first kappa shape index (κ1) is 28.4. The summed E-state index contributed by atoms with van der Waals surface area (Å²) in [5, 5.41) is 29.6. The third-order valence-electron chi connectivity index (χ3n) is 2.70. The Labute approximate surface area is 157 Å². The van der Waals surface area contributed by atoms with E-state index >= 15 is 0 Å². The second-order valence-electron chi connectivity index (χ2n) is 5.14. The summed E-state index contributed by atoms with van der Waals surface area (Å²) in [6.45, 7) is 4.61. The molecule has 0 spiro atoms. The van der Waals surface area contributed by atoms with Crippen LogP contribution in [0.1, 0.15) is 31.9 Å². The summed E-state index contributed by atoms with van der Waals surface area (Å²) in [5.41, 5.74) is 5.62. The second kappa shape index (κ2) is 14.9. The lowest BCUT2D eigenvalue weighted by molar-refractivity contribution is -0.144. The molecule has 1 rings (SSSR count). The number of carbonyl (C=O) groups is 2. The van der Waals surface area contributed by atoms with E-state index in [9.17, 15) is 14.7 Å². The number of carboxylic acids is 2. The lowest BCUT2D eigenvalue weighted by atomic mass is 10.1. The van der Waals surface area contributed by atoms with E-state index in [4.69, 9.17) is 27.5 Å². The van der Waals surface area contributed by atoms with Crippen molar-refractivity contribution in [2.24, 2.45) is 5.73 Å². The van der Waals surface area contributed by atoms with Gasteiger partial charge in [-0.15, -0.1) is 12.4 Å². The Morgan fingerprint density at radius 1 is 1.24 bits per heavy atom. The van der Waals surface area contributed by atoms with Crippen molar-refractivity contribution in [1.82, 2.24) is 5.32 Å². The fourth-order valence-electron chi connectivity index (χ4n) is 1.48. The lowest BCUT2D eigenvalue weighted by Gasteiger charge is -2.15. The van der Waals surface area contributed by atoms with Crippen molar-refractivity contribution >= 4 is 35.9 Å². The van der Waals surface area contributed by atoms with Crippen LogP contribution in [0.2, 0.25) is 5.02 Å². The molecule has 2 atom stereocenters. The van der Waals surface area contributed by atoms with Crippen molar-refractivity contribution in [3.8, 4) is 0 Å². The molecular formula is C15H26Cl2N2O6. The van der Waals surface area contributed by atoms with Gasteiger partial charge in [-0.2, -0.15) is 0 Å². The molecule has 1 aromatic carbocycles. The van der Waals surface area contributed by atoms with Gasteiger partial charge in [-0.05, 0) is 6.07 Å². The maximum atomic E-state index is 9.85. The van der Waals surface area contributed by atoms with Crippen LogP contribution in [0.25, 0.3) is 0 Å². The molecule has 2 unspecified atom stereocenters. The first-order chi connectivity index (χ1) is 10.6. The SMILES string of the molecule is CC(C)NCC(O)c1ccccc1Cl.Cl.NC(CC(=O)O)C(=O)O.O. The zero-order chi connectivity index (χ0) is 18.0. The summed E-state index contributed by atoms with van der Waals surface area (Å²) >= 11 is 5.95. The zero-order valence-corrected chi connectivity index (χ0v) is 15.5. The maximum absolute atomic E-state index is 9.85. The van der Waals surface area contributed by atoms with Crippen LogP contribution >= 0.6 is 24.0 Å². The molecular weight excluding hydrogens is 375 g/mol. The molecule has 0 aliphatic carbocycles. The fraction of sp³-hybridized carbons (Fsp3) is 0.467. The largest absolute Gasteiger partial charge is 0.481 e. The zero-order valence-electron chi connectivity index (χ0n) is 14.0. The highest BCUT2D eigenvalue weighted by atomic mass is 35.5. The minimum absolute atomic E-state index is 0. The van der Waals surface area contributed by atoms with Crippen LogP contribution in [0.5, 0.6) is 0 Å². The van der Waals surface area contributed by atoms with E-state index in [0.29, 0.717) is 17.6 Å². The van der Waals surface area contributed by atoms with E-state index < -0.39 is 30.5 Å². The second-order valence-corrected chi connectivity index (χ2v) is 5.55. The van der Waals surface area contributed by atoms with E-state index in [-0.39, 0.29) is 17.9 Å². The van der Waals surface area contributed by atoms with Crippen LogP contribution in [0.4, 0.5) is 0 Å². The molecule has 8 N–H and O–H groups in total.